The molecule has 1 saturated carbocycles. The lowest BCUT2D eigenvalue weighted by atomic mass is 9.96. The topological polar surface area (TPSA) is 119 Å². The largest absolute Gasteiger partial charge is 0.370 e. The molecule has 1 aromatic rings. The Kier molecular flexibility index (Phi) is 6.61. The molecule has 1 atom stereocenters. The van der Waals surface area contributed by atoms with Crippen LogP contribution in [0.5, 0.6) is 0 Å². The molecule has 0 radical (unpaired) electrons. The SMILES string of the molecule is CCN(CC)S(=O)(=O)c1ccc(N2CCCC2)c(NC(=O)CN2C(=O)N[C@](C)(C3CC3)C2=O)c1. The molecule has 3 fully saturated rings. The third kappa shape index (κ3) is 4.38. The van der Waals surface area contributed by atoms with E-state index in [1.807, 2.05) is 0 Å². The van der Waals surface area contributed by atoms with E-state index in [0.29, 0.717) is 18.8 Å². The van der Waals surface area contributed by atoms with Gasteiger partial charge < -0.3 is 15.5 Å². The van der Waals surface area contributed by atoms with Gasteiger partial charge in [0.15, 0.2) is 0 Å². The van der Waals surface area contributed by atoms with Crippen molar-refractivity contribution in [3.8, 4) is 0 Å². The maximum Gasteiger partial charge on any atom is 0.325 e. The summed E-state index contributed by atoms with van der Waals surface area (Å²) in [7, 11) is -3.72. The average molecular weight is 492 g/mol. The maximum absolute atomic E-state index is 13.1. The molecule has 2 saturated heterocycles. The Bertz CT molecular complexity index is 1090. The van der Waals surface area contributed by atoms with E-state index in [2.05, 4.69) is 15.5 Å². The molecule has 3 aliphatic rings. The normalized spacial score (nSPS) is 23.1. The Morgan fingerprint density at radius 2 is 1.82 bits per heavy atom. The first kappa shape index (κ1) is 24.5. The van der Waals surface area contributed by atoms with Crippen molar-refractivity contribution in [2.24, 2.45) is 5.92 Å². The first-order valence-corrected chi connectivity index (χ1v) is 13.4. The Balaban J connectivity index is 1.58. The number of urea groups is 1. The average Bonchev–Trinajstić information content (AvgIpc) is 3.48. The van der Waals surface area contributed by atoms with Crippen LogP contribution in [-0.2, 0) is 19.6 Å². The summed E-state index contributed by atoms with van der Waals surface area (Å²) in [5.74, 6) is -0.852. The molecule has 186 valence electrons. The highest BCUT2D eigenvalue weighted by molar-refractivity contribution is 7.89. The van der Waals surface area contributed by atoms with E-state index in [4.69, 9.17) is 0 Å². The summed E-state index contributed by atoms with van der Waals surface area (Å²) in [6, 6.07) is 4.18. The monoisotopic (exact) mass is 491 g/mol. The van der Waals surface area contributed by atoms with Crippen LogP contribution in [0.2, 0.25) is 0 Å². The number of carbonyl (C=O) groups is 3. The third-order valence-corrected chi connectivity index (χ3v) is 9.07. The van der Waals surface area contributed by atoms with E-state index in [0.717, 1.165) is 49.4 Å². The molecule has 0 bridgehead atoms. The van der Waals surface area contributed by atoms with Crippen LogP contribution in [0.25, 0.3) is 0 Å². The number of carbonyl (C=O) groups excluding carboxylic acids is 3. The quantitative estimate of drug-likeness (QED) is 0.510. The van der Waals surface area contributed by atoms with Crippen LogP contribution in [0.1, 0.15) is 46.5 Å². The highest BCUT2D eigenvalue weighted by atomic mass is 32.2. The number of anilines is 2. The first-order chi connectivity index (χ1) is 16.1. The molecule has 1 aromatic carbocycles. The zero-order valence-electron chi connectivity index (χ0n) is 20.0. The third-order valence-electron chi connectivity index (χ3n) is 7.03. The number of nitrogens with zero attached hydrogens (tertiary/aromatic N) is 3. The van der Waals surface area contributed by atoms with E-state index in [1.54, 1.807) is 32.9 Å². The lowest BCUT2D eigenvalue weighted by molar-refractivity contribution is -0.134. The van der Waals surface area contributed by atoms with Gasteiger partial charge in [-0.05, 0) is 56.7 Å². The van der Waals surface area contributed by atoms with Crippen molar-refractivity contribution < 1.29 is 22.8 Å². The molecule has 11 heteroatoms. The van der Waals surface area contributed by atoms with E-state index in [-0.39, 0.29) is 10.8 Å². The molecular weight excluding hydrogens is 458 g/mol. The summed E-state index contributed by atoms with van der Waals surface area (Å²) in [4.78, 5) is 41.4. The number of hydrogen-bond acceptors (Lipinski definition) is 6. The highest BCUT2D eigenvalue weighted by Gasteiger charge is 2.56. The van der Waals surface area contributed by atoms with Crippen molar-refractivity contribution in [2.45, 2.75) is 56.9 Å². The van der Waals surface area contributed by atoms with Crippen molar-refractivity contribution in [3.63, 3.8) is 0 Å². The molecule has 0 spiro atoms. The van der Waals surface area contributed by atoms with Gasteiger partial charge in [0.2, 0.25) is 15.9 Å². The standard InChI is InChI=1S/C23H33N5O5S/c1-4-27(5-2)34(32,33)17-10-11-19(26-12-6-7-13-26)18(14-17)24-20(29)15-28-21(30)23(3,16-8-9-16)25-22(28)31/h10-11,14,16H,4-9,12-13,15H2,1-3H3,(H,24,29)(H,25,31)/t23-/m1/s1. The number of hydrogen-bond donors (Lipinski definition) is 2. The van der Waals surface area contributed by atoms with Gasteiger partial charge in [-0.3, -0.25) is 14.5 Å². The molecule has 1 aliphatic carbocycles. The van der Waals surface area contributed by atoms with Crippen LogP contribution in [0.4, 0.5) is 16.2 Å². The van der Waals surface area contributed by atoms with E-state index < -0.39 is 40.0 Å². The van der Waals surface area contributed by atoms with Crippen LogP contribution < -0.4 is 15.5 Å². The summed E-state index contributed by atoms with van der Waals surface area (Å²) >= 11 is 0. The van der Waals surface area contributed by atoms with Crippen LogP contribution in [-0.4, -0.2) is 73.7 Å². The summed E-state index contributed by atoms with van der Waals surface area (Å²) in [6.45, 7) is 7.09. The Morgan fingerprint density at radius 1 is 1.18 bits per heavy atom. The fraction of sp³-hybridized carbons (Fsp3) is 0.609. The van der Waals surface area contributed by atoms with Crippen LogP contribution in [0.3, 0.4) is 0 Å². The van der Waals surface area contributed by atoms with Gasteiger partial charge in [0.25, 0.3) is 5.91 Å². The number of rotatable bonds is 9. The van der Waals surface area contributed by atoms with Crippen molar-refractivity contribution in [1.82, 2.24) is 14.5 Å². The van der Waals surface area contributed by atoms with Gasteiger partial charge in [-0.15, -0.1) is 0 Å². The highest BCUT2D eigenvalue weighted by Crippen LogP contribution is 2.42. The van der Waals surface area contributed by atoms with Crippen molar-refractivity contribution in [2.75, 3.05) is 42.9 Å². The van der Waals surface area contributed by atoms with Crippen molar-refractivity contribution in [1.29, 1.82) is 0 Å². The fourth-order valence-electron chi connectivity index (χ4n) is 4.85. The maximum atomic E-state index is 13.1. The van der Waals surface area contributed by atoms with Gasteiger partial charge in [0, 0.05) is 26.2 Å². The van der Waals surface area contributed by atoms with Gasteiger partial charge >= 0.3 is 6.03 Å². The summed E-state index contributed by atoms with van der Waals surface area (Å²) in [5.41, 5.74) is 0.122. The minimum absolute atomic E-state index is 0.0887. The molecule has 10 nitrogen and oxygen atoms in total. The molecule has 0 aromatic heterocycles. The number of benzene rings is 1. The Hall–Kier alpha value is -2.66. The molecule has 2 aliphatic heterocycles. The molecule has 4 rings (SSSR count). The van der Waals surface area contributed by atoms with Crippen molar-refractivity contribution in [3.05, 3.63) is 18.2 Å². The molecular formula is C23H33N5O5S. The lowest BCUT2D eigenvalue weighted by Gasteiger charge is -2.24. The molecule has 4 amide bonds. The smallest absolute Gasteiger partial charge is 0.325 e. The van der Waals surface area contributed by atoms with E-state index >= 15 is 0 Å². The number of amides is 4. The van der Waals surface area contributed by atoms with Crippen LogP contribution in [0, 0.1) is 5.92 Å². The predicted octanol–water partition coefficient (Wildman–Crippen LogP) is 1.98. The van der Waals surface area contributed by atoms with E-state index in [9.17, 15) is 22.8 Å². The summed E-state index contributed by atoms with van der Waals surface area (Å²) in [5, 5.41) is 5.51. The molecule has 0 unspecified atom stereocenters. The fourth-order valence-corrected chi connectivity index (χ4v) is 6.34. The minimum Gasteiger partial charge on any atom is -0.370 e. The second-order valence-corrected chi connectivity index (χ2v) is 11.2. The summed E-state index contributed by atoms with van der Waals surface area (Å²) < 4.78 is 27.5. The van der Waals surface area contributed by atoms with Gasteiger partial charge in [0.1, 0.15) is 12.1 Å². The van der Waals surface area contributed by atoms with Crippen LogP contribution in [0.15, 0.2) is 23.1 Å². The Labute approximate surface area is 200 Å². The van der Waals surface area contributed by atoms with Crippen molar-refractivity contribution >= 4 is 39.2 Å². The summed E-state index contributed by atoms with van der Waals surface area (Å²) in [6.07, 6.45) is 3.76. The molecule has 2 heterocycles. The molecule has 2 N–H and O–H groups in total. The van der Waals surface area contributed by atoms with Gasteiger partial charge in [0.05, 0.1) is 16.3 Å². The second kappa shape index (κ2) is 9.18. The lowest BCUT2D eigenvalue weighted by Crippen LogP contribution is -2.46. The van der Waals surface area contributed by atoms with E-state index in [1.165, 1.54) is 10.4 Å². The predicted molar refractivity (Wildman–Crippen MR) is 128 cm³/mol. The number of imide groups is 1. The van der Waals surface area contributed by atoms with Gasteiger partial charge in [-0.1, -0.05) is 13.8 Å². The second-order valence-electron chi connectivity index (χ2n) is 9.31. The number of sulfonamides is 1. The van der Waals surface area contributed by atoms with Gasteiger partial charge in [-0.25, -0.2) is 13.2 Å². The zero-order chi connectivity index (χ0) is 24.7. The first-order valence-electron chi connectivity index (χ1n) is 11.9. The molecule has 34 heavy (non-hydrogen) atoms. The number of nitrogens with one attached hydrogen (secondary N) is 2. The zero-order valence-corrected chi connectivity index (χ0v) is 20.8. The van der Waals surface area contributed by atoms with Gasteiger partial charge in [-0.2, -0.15) is 4.31 Å². The Morgan fingerprint density at radius 3 is 2.41 bits per heavy atom. The van der Waals surface area contributed by atoms with Crippen LogP contribution >= 0.6 is 0 Å². The minimum atomic E-state index is -3.72.